The van der Waals surface area contributed by atoms with Crippen LogP contribution in [-0.2, 0) is 6.42 Å². The van der Waals surface area contributed by atoms with Crippen molar-refractivity contribution in [1.29, 1.82) is 0 Å². The van der Waals surface area contributed by atoms with Crippen molar-refractivity contribution in [1.82, 2.24) is 19.9 Å². The zero-order valence-corrected chi connectivity index (χ0v) is 13.2. The lowest BCUT2D eigenvalue weighted by Gasteiger charge is -2.11. The number of anilines is 1. The van der Waals surface area contributed by atoms with Gasteiger partial charge in [0.25, 0.3) is 0 Å². The summed E-state index contributed by atoms with van der Waals surface area (Å²) in [5, 5.41) is 3.27. The molecule has 0 fully saturated rings. The van der Waals surface area contributed by atoms with E-state index in [2.05, 4.69) is 61.7 Å². The van der Waals surface area contributed by atoms with Crippen LogP contribution >= 0.6 is 22.6 Å². The molecule has 0 saturated heterocycles. The molecule has 0 bridgehead atoms. The highest BCUT2D eigenvalue weighted by atomic mass is 127. The van der Waals surface area contributed by atoms with Crippen LogP contribution in [0.3, 0.4) is 0 Å². The first kappa shape index (κ1) is 14.1. The highest BCUT2D eigenvalue weighted by Crippen LogP contribution is 2.23. The highest BCUT2D eigenvalue weighted by molar-refractivity contribution is 14.1. The van der Waals surface area contributed by atoms with Gasteiger partial charge in [-0.2, -0.15) is 0 Å². The summed E-state index contributed by atoms with van der Waals surface area (Å²) in [4.78, 5) is 17.5. The summed E-state index contributed by atoms with van der Waals surface area (Å²) in [6.07, 6.45) is 5.39. The predicted octanol–water partition coefficient (Wildman–Crippen LogP) is 2.92. The molecule has 0 spiro atoms. The van der Waals surface area contributed by atoms with Crippen molar-refractivity contribution in [3.05, 3.63) is 27.7 Å². The Morgan fingerprint density at radius 2 is 1.84 bits per heavy atom. The Kier molecular flexibility index (Phi) is 5.00. The van der Waals surface area contributed by atoms with Crippen LogP contribution < -0.4 is 5.32 Å². The minimum Gasteiger partial charge on any atom is -0.369 e. The number of hydrogen-bond donors (Lipinski definition) is 1. The number of nitrogens with zero attached hydrogens (tertiary/aromatic N) is 4. The lowest BCUT2D eigenvalue weighted by molar-refractivity contribution is 0.863. The minimum atomic E-state index is 0.565. The van der Waals surface area contributed by atoms with Crippen LogP contribution in [0, 0.1) is 3.57 Å². The third kappa shape index (κ3) is 3.37. The second-order valence-electron chi connectivity index (χ2n) is 4.01. The van der Waals surface area contributed by atoms with E-state index in [0.717, 1.165) is 34.5 Å². The van der Waals surface area contributed by atoms with Gasteiger partial charge in [-0.15, -0.1) is 0 Å². The molecular weight excluding hydrogens is 353 g/mol. The Bertz CT molecular complexity index is 517. The molecule has 2 rings (SSSR count). The second-order valence-corrected chi connectivity index (χ2v) is 5.09. The van der Waals surface area contributed by atoms with Crippen LogP contribution in [0.5, 0.6) is 0 Å². The van der Waals surface area contributed by atoms with E-state index in [-0.39, 0.29) is 0 Å². The number of nitrogens with one attached hydrogen (secondary N) is 1. The SMILES string of the molecule is CCCc1nc(-c2ncccn2)nc(NCC)c1I. The Balaban J connectivity index is 2.49. The lowest BCUT2D eigenvalue weighted by Crippen LogP contribution is -2.09. The van der Waals surface area contributed by atoms with E-state index in [1.807, 2.05) is 0 Å². The average Bonchev–Trinajstić information content (AvgIpc) is 2.44. The number of halogens is 1. The molecule has 0 saturated carbocycles. The van der Waals surface area contributed by atoms with Crippen LogP contribution in [0.15, 0.2) is 18.5 Å². The van der Waals surface area contributed by atoms with Gasteiger partial charge in [-0.25, -0.2) is 19.9 Å². The quantitative estimate of drug-likeness (QED) is 0.822. The topological polar surface area (TPSA) is 63.6 Å². The molecule has 6 heteroatoms. The van der Waals surface area contributed by atoms with Crippen LogP contribution in [0.25, 0.3) is 11.6 Å². The van der Waals surface area contributed by atoms with Gasteiger partial charge in [0.2, 0.25) is 0 Å². The van der Waals surface area contributed by atoms with E-state index in [1.54, 1.807) is 18.5 Å². The van der Waals surface area contributed by atoms with Crippen LogP contribution in [0.2, 0.25) is 0 Å². The molecule has 5 nitrogen and oxygen atoms in total. The van der Waals surface area contributed by atoms with Gasteiger partial charge in [-0.05, 0) is 42.0 Å². The summed E-state index contributed by atoms with van der Waals surface area (Å²) < 4.78 is 1.08. The maximum Gasteiger partial charge on any atom is 0.200 e. The largest absolute Gasteiger partial charge is 0.369 e. The van der Waals surface area contributed by atoms with Crippen molar-refractivity contribution in [2.75, 3.05) is 11.9 Å². The molecule has 2 aromatic rings. The first-order valence-corrected chi connectivity index (χ1v) is 7.41. The van der Waals surface area contributed by atoms with E-state index in [4.69, 9.17) is 0 Å². The summed E-state index contributed by atoms with van der Waals surface area (Å²) in [6, 6.07) is 1.79. The van der Waals surface area contributed by atoms with Crippen molar-refractivity contribution < 1.29 is 0 Å². The standard InChI is InChI=1S/C13H16IN5/c1-3-6-9-10(14)11(15-4-2)19-13(18-9)12-16-7-5-8-17-12/h5,7-8H,3-4,6H2,1-2H3,(H,15,18,19). The molecule has 0 amide bonds. The summed E-state index contributed by atoms with van der Waals surface area (Å²) in [7, 11) is 0. The number of hydrogen-bond acceptors (Lipinski definition) is 5. The molecule has 19 heavy (non-hydrogen) atoms. The van der Waals surface area contributed by atoms with Crippen molar-refractivity contribution in [3.8, 4) is 11.6 Å². The van der Waals surface area contributed by atoms with E-state index in [0.29, 0.717) is 11.6 Å². The Morgan fingerprint density at radius 1 is 1.11 bits per heavy atom. The van der Waals surface area contributed by atoms with Crippen LogP contribution in [0.1, 0.15) is 26.0 Å². The van der Waals surface area contributed by atoms with E-state index in [1.165, 1.54) is 0 Å². The molecule has 0 atom stereocenters. The van der Waals surface area contributed by atoms with Gasteiger partial charge in [0.05, 0.1) is 9.26 Å². The summed E-state index contributed by atoms with van der Waals surface area (Å²) in [5.41, 5.74) is 1.05. The molecule has 2 aromatic heterocycles. The normalized spacial score (nSPS) is 10.5. The zero-order chi connectivity index (χ0) is 13.7. The molecule has 1 N–H and O–H groups in total. The van der Waals surface area contributed by atoms with Gasteiger partial charge in [0.1, 0.15) is 5.82 Å². The fraction of sp³-hybridized carbons (Fsp3) is 0.385. The molecule has 100 valence electrons. The summed E-state index contributed by atoms with van der Waals surface area (Å²) in [5.74, 6) is 2.01. The van der Waals surface area contributed by atoms with Crippen LogP contribution in [0.4, 0.5) is 5.82 Å². The third-order valence-electron chi connectivity index (χ3n) is 2.52. The molecule has 0 aliphatic rings. The Hall–Kier alpha value is -1.31. The molecule has 0 aromatic carbocycles. The maximum atomic E-state index is 4.59. The van der Waals surface area contributed by atoms with Gasteiger partial charge in [0, 0.05) is 18.9 Å². The third-order valence-corrected chi connectivity index (χ3v) is 3.65. The Morgan fingerprint density at radius 3 is 2.47 bits per heavy atom. The maximum absolute atomic E-state index is 4.59. The molecule has 0 aliphatic heterocycles. The fourth-order valence-electron chi connectivity index (χ4n) is 1.70. The van der Waals surface area contributed by atoms with E-state index in [9.17, 15) is 0 Å². The van der Waals surface area contributed by atoms with Crippen molar-refractivity contribution in [3.63, 3.8) is 0 Å². The number of rotatable bonds is 5. The number of aryl methyl sites for hydroxylation is 1. The van der Waals surface area contributed by atoms with Crippen molar-refractivity contribution in [2.24, 2.45) is 0 Å². The zero-order valence-electron chi connectivity index (χ0n) is 11.0. The van der Waals surface area contributed by atoms with E-state index >= 15 is 0 Å². The molecule has 0 unspecified atom stereocenters. The molecule has 0 radical (unpaired) electrons. The predicted molar refractivity (Wildman–Crippen MR) is 83.9 cm³/mol. The average molecular weight is 369 g/mol. The van der Waals surface area contributed by atoms with Gasteiger partial charge >= 0.3 is 0 Å². The monoisotopic (exact) mass is 369 g/mol. The second kappa shape index (κ2) is 6.74. The smallest absolute Gasteiger partial charge is 0.200 e. The lowest BCUT2D eigenvalue weighted by atomic mass is 10.2. The van der Waals surface area contributed by atoms with Crippen molar-refractivity contribution >= 4 is 28.4 Å². The highest BCUT2D eigenvalue weighted by Gasteiger charge is 2.13. The minimum absolute atomic E-state index is 0.565. The molecule has 0 aliphatic carbocycles. The van der Waals surface area contributed by atoms with Gasteiger partial charge < -0.3 is 5.32 Å². The van der Waals surface area contributed by atoms with Gasteiger partial charge in [-0.3, -0.25) is 0 Å². The fourth-order valence-corrected chi connectivity index (χ4v) is 2.40. The van der Waals surface area contributed by atoms with Crippen molar-refractivity contribution in [2.45, 2.75) is 26.7 Å². The molecule has 2 heterocycles. The first-order chi connectivity index (χ1) is 9.26. The van der Waals surface area contributed by atoms with Gasteiger partial charge in [0.15, 0.2) is 11.6 Å². The van der Waals surface area contributed by atoms with Crippen LogP contribution in [-0.4, -0.2) is 26.5 Å². The van der Waals surface area contributed by atoms with Gasteiger partial charge in [-0.1, -0.05) is 13.3 Å². The summed E-state index contributed by atoms with van der Waals surface area (Å²) in [6.45, 7) is 5.02. The van der Waals surface area contributed by atoms with E-state index < -0.39 is 0 Å². The summed E-state index contributed by atoms with van der Waals surface area (Å²) >= 11 is 2.30. The first-order valence-electron chi connectivity index (χ1n) is 6.34. The Labute approximate surface area is 126 Å². The number of aromatic nitrogens is 4. The molecular formula is C13H16IN5.